The van der Waals surface area contributed by atoms with Crippen molar-refractivity contribution in [1.29, 1.82) is 0 Å². The van der Waals surface area contributed by atoms with Crippen LogP contribution in [0.25, 0.3) is 0 Å². The lowest BCUT2D eigenvalue weighted by Gasteiger charge is -2.34. The van der Waals surface area contributed by atoms with E-state index in [1.807, 2.05) is 0 Å². The lowest BCUT2D eigenvalue weighted by atomic mass is 9.82. The van der Waals surface area contributed by atoms with E-state index in [1.165, 1.54) is 25.5 Å². The molecule has 5 nitrogen and oxygen atoms in total. The van der Waals surface area contributed by atoms with Crippen LogP contribution in [0.1, 0.15) is 38.5 Å². The summed E-state index contributed by atoms with van der Waals surface area (Å²) in [4.78, 5) is 0. The minimum Gasteiger partial charge on any atom is -0.379 e. The largest absolute Gasteiger partial charge is 0.379 e. The van der Waals surface area contributed by atoms with E-state index >= 15 is 0 Å². The molecule has 1 rings (SSSR count). The van der Waals surface area contributed by atoms with E-state index in [0.29, 0.717) is 12.3 Å². The van der Waals surface area contributed by atoms with Crippen molar-refractivity contribution in [3.05, 3.63) is 0 Å². The molecule has 0 bridgehead atoms. The fourth-order valence-electron chi connectivity index (χ4n) is 2.83. The third kappa shape index (κ3) is 5.22. The lowest BCUT2D eigenvalue weighted by Crippen LogP contribution is -2.49. The van der Waals surface area contributed by atoms with Crippen molar-refractivity contribution >= 4 is 9.84 Å². The molecule has 2 atom stereocenters. The number of rotatable bonds is 7. The molecule has 0 spiro atoms. The summed E-state index contributed by atoms with van der Waals surface area (Å²) >= 11 is 0. The predicted molar refractivity (Wildman–Crippen MR) is 72.8 cm³/mol. The van der Waals surface area contributed by atoms with Crippen LogP contribution in [-0.4, -0.2) is 39.7 Å². The summed E-state index contributed by atoms with van der Waals surface area (Å²) in [7, 11) is -1.27. The van der Waals surface area contributed by atoms with Gasteiger partial charge in [0, 0.05) is 19.4 Å². The van der Waals surface area contributed by atoms with Crippen LogP contribution in [0.4, 0.5) is 0 Å². The number of nitrogens with one attached hydrogen (secondary N) is 1. The van der Waals surface area contributed by atoms with Crippen LogP contribution in [0.15, 0.2) is 0 Å². The van der Waals surface area contributed by atoms with Crippen molar-refractivity contribution < 1.29 is 13.2 Å². The predicted octanol–water partition coefficient (Wildman–Crippen LogP) is 0.848. The second kappa shape index (κ2) is 7.43. The van der Waals surface area contributed by atoms with E-state index in [1.54, 1.807) is 7.11 Å². The summed E-state index contributed by atoms with van der Waals surface area (Å²) in [5, 5.41) is 0. The van der Waals surface area contributed by atoms with Crippen molar-refractivity contribution in [3.63, 3.8) is 0 Å². The van der Waals surface area contributed by atoms with Gasteiger partial charge in [-0.2, -0.15) is 0 Å². The van der Waals surface area contributed by atoms with E-state index in [-0.39, 0.29) is 17.9 Å². The van der Waals surface area contributed by atoms with E-state index in [9.17, 15) is 8.42 Å². The zero-order valence-electron chi connectivity index (χ0n) is 11.4. The fraction of sp³-hybridized carbons (Fsp3) is 1.00. The third-order valence-electron chi connectivity index (χ3n) is 3.80. The first-order chi connectivity index (χ1) is 8.48. The summed E-state index contributed by atoms with van der Waals surface area (Å²) in [5.74, 6) is 6.20. The van der Waals surface area contributed by atoms with Crippen molar-refractivity contribution in [2.45, 2.75) is 50.7 Å². The topological polar surface area (TPSA) is 81.4 Å². The molecule has 18 heavy (non-hydrogen) atoms. The summed E-state index contributed by atoms with van der Waals surface area (Å²) in [6.45, 7) is 0. The van der Waals surface area contributed by atoms with Crippen molar-refractivity contribution in [2.24, 2.45) is 11.8 Å². The first-order valence-electron chi connectivity index (χ1n) is 6.64. The zero-order chi connectivity index (χ0) is 13.6. The van der Waals surface area contributed by atoms with Gasteiger partial charge in [-0.1, -0.05) is 19.3 Å². The number of sulfone groups is 1. The highest BCUT2D eigenvalue weighted by molar-refractivity contribution is 7.90. The van der Waals surface area contributed by atoms with Gasteiger partial charge in [0.25, 0.3) is 0 Å². The van der Waals surface area contributed by atoms with Gasteiger partial charge in [-0.15, -0.1) is 0 Å². The van der Waals surface area contributed by atoms with Crippen molar-refractivity contribution in [2.75, 3.05) is 19.1 Å². The fourth-order valence-corrected chi connectivity index (χ4v) is 3.51. The van der Waals surface area contributed by atoms with Gasteiger partial charge in [0.1, 0.15) is 9.84 Å². The third-order valence-corrected chi connectivity index (χ3v) is 4.77. The van der Waals surface area contributed by atoms with E-state index in [2.05, 4.69) is 5.43 Å². The van der Waals surface area contributed by atoms with Crippen LogP contribution in [0.5, 0.6) is 0 Å². The molecular weight excluding hydrogens is 252 g/mol. The van der Waals surface area contributed by atoms with Crippen LogP contribution in [0, 0.1) is 5.92 Å². The van der Waals surface area contributed by atoms with E-state index in [0.717, 1.165) is 12.8 Å². The van der Waals surface area contributed by atoms with Gasteiger partial charge in [-0.25, -0.2) is 8.42 Å². The maximum Gasteiger partial charge on any atom is 0.147 e. The molecule has 108 valence electrons. The lowest BCUT2D eigenvalue weighted by molar-refractivity contribution is 0.00748. The summed E-state index contributed by atoms with van der Waals surface area (Å²) in [5.41, 5.74) is 2.73. The molecule has 0 radical (unpaired) electrons. The van der Waals surface area contributed by atoms with Crippen molar-refractivity contribution in [3.8, 4) is 0 Å². The van der Waals surface area contributed by atoms with Crippen LogP contribution in [0.3, 0.4) is 0 Å². The average Bonchev–Trinajstić information content (AvgIpc) is 2.34. The highest BCUT2D eigenvalue weighted by Gasteiger charge is 2.30. The molecule has 3 N–H and O–H groups in total. The van der Waals surface area contributed by atoms with Gasteiger partial charge in [-0.3, -0.25) is 11.3 Å². The molecule has 0 saturated heterocycles. The van der Waals surface area contributed by atoms with Gasteiger partial charge >= 0.3 is 0 Å². The van der Waals surface area contributed by atoms with Gasteiger partial charge < -0.3 is 4.74 Å². The summed E-state index contributed by atoms with van der Waals surface area (Å²) < 4.78 is 28.0. The Hall–Kier alpha value is -0.170. The Kier molecular flexibility index (Phi) is 6.55. The molecular formula is C12H26N2O3S. The van der Waals surface area contributed by atoms with Crippen LogP contribution in [0.2, 0.25) is 0 Å². The number of hydrazine groups is 1. The Balaban J connectivity index is 2.58. The van der Waals surface area contributed by atoms with Gasteiger partial charge in [0.2, 0.25) is 0 Å². The zero-order valence-corrected chi connectivity index (χ0v) is 12.2. The van der Waals surface area contributed by atoms with Crippen LogP contribution >= 0.6 is 0 Å². The van der Waals surface area contributed by atoms with E-state index in [4.69, 9.17) is 10.6 Å². The standard InChI is InChI=1S/C12H26N2O3S/c1-17-12(10-6-4-3-5-7-10)11(14-13)8-9-18(2,15)16/h10-12,14H,3-9,13H2,1-2H3. The summed E-state index contributed by atoms with van der Waals surface area (Å²) in [6.07, 6.45) is 7.81. The summed E-state index contributed by atoms with van der Waals surface area (Å²) in [6, 6.07) is -0.0900. The molecule has 0 amide bonds. The Morgan fingerprint density at radius 1 is 1.33 bits per heavy atom. The highest BCUT2D eigenvalue weighted by atomic mass is 32.2. The van der Waals surface area contributed by atoms with Crippen LogP contribution < -0.4 is 11.3 Å². The van der Waals surface area contributed by atoms with Gasteiger partial charge in [-0.05, 0) is 25.2 Å². The number of ether oxygens (including phenoxy) is 1. The number of hydrogen-bond acceptors (Lipinski definition) is 5. The Morgan fingerprint density at radius 3 is 2.39 bits per heavy atom. The minimum atomic E-state index is -2.95. The van der Waals surface area contributed by atoms with E-state index < -0.39 is 9.84 Å². The number of hydrogen-bond donors (Lipinski definition) is 2. The molecule has 0 heterocycles. The van der Waals surface area contributed by atoms with Gasteiger partial charge in [0.15, 0.2) is 0 Å². The molecule has 2 unspecified atom stereocenters. The maximum absolute atomic E-state index is 11.2. The van der Waals surface area contributed by atoms with Gasteiger partial charge in [0.05, 0.1) is 11.9 Å². The van der Waals surface area contributed by atoms with Crippen LogP contribution in [-0.2, 0) is 14.6 Å². The molecule has 0 aliphatic heterocycles. The normalized spacial score (nSPS) is 21.7. The number of methoxy groups -OCH3 is 1. The minimum absolute atomic E-state index is 0.0112. The first-order valence-corrected chi connectivity index (χ1v) is 8.70. The molecule has 1 aliphatic rings. The monoisotopic (exact) mass is 278 g/mol. The Morgan fingerprint density at radius 2 is 1.94 bits per heavy atom. The molecule has 0 aromatic heterocycles. The molecule has 1 aliphatic carbocycles. The maximum atomic E-state index is 11.2. The highest BCUT2D eigenvalue weighted by Crippen LogP contribution is 2.29. The first kappa shape index (κ1) is 15.9. The molecule has 1 saturated carbocycles. The number of nitrogens with two attached hydrogens (primary N) is 1. The smallest absolute Gasteiger partial charge is 0.147 e. The SMILES string of the molecule is COC(C1CCCCC1)C(CCS(C)(=O)=O)NN. The second-order valence-electron chi connectivity index (χ2n) is 5.29. The second-order valence-corrected chi connectivity index (χ2v) is 7.55. The van der Waals surface area contributed by atoms with Crippen molar-refractivity contribution in [1.82, 2.24) is 5.43 Å². The molecule has 0 aromatic rings. The Labute approximate surface area is 110 Å². The average molecular weight is 278 g/mol. The Bertz CT molecular complexity index is 326. The molecule has 1 fully saturated rings. The molecule has 6 heteroatoms. The quantitative estimate of drug-likeness (QED) is 0.533. The molecule has 0 aromatic carbocycles.